The maximum atomic E-state index is 13.1. The molecule has 6 nitrogen and oxygen atoms in total. The lowest BCUT2D eigenvalue weighted by Crippen LogP contribution is -2.36. The van der Waals surface area contributed by atoms with Crippen molar-refractivity contribution in [1.82, 2.24) is 4.90 Å². The maximum absolute atomic E-state index is 13.1. The van der Waals surface area contributed by atoms with Gasteiger partial charge in [0.25, 0.3) is 11.7 Å². The van der Waals surface area contributed by atoms with Crippen LogP contribution in [-0.4, -0.2) is 46.1 Å². The number of carbonyl (C=O) groups is 2. The number of likely N-dealkylation sites (tertiary alicyclic amines) is 1. The first-order valence-corrected chi connectivity index (χ1v) is 11.3. The molecule has 166 valence electrons. The summed E-state index contributed by atoms with van der Waals surface area (Å²) in [5.74, 6) is -1.47. The topological polar surface area (TPSA) is 87.1 Å². The summed E-state index contributed by atoms with van der Waals surface area (Å²) in [6, 6.07) is 11.5. The van der Waals surface area contributed by atoms with Crippen LogP contribution in [0.3, 0.4) is 0 Å². The highest BCUT2D eigenvalue weighted by atomic mass is 16.5. The van der Waals surface area contributed by atoms with E-state index in [4.69, 9.17) is 4.74 Å². The van der Waals surface area contributed by atoms with Crippen LogP contribution in [0.25, 0.3) is 5.76 Å². The normalized spacial score (nSPS) is 24.7. The number of hydrogen-bond donors (Lipinski definition) is 2. The first kappa shape index (κ1) is 20.8. The van der Waals surface area contributed by atoms with E-state index in [1.165, 1.54) is 16.0 Å². The van der Waals surface area contributed by atoms with Crippen LogP contribution in [0.2, 0.25) is 0 Å². The summed E-state index contributed by atoms with van der Waals surface area (Å²) in [6.45, 7) is 0.909. The Bertz CT molecular complexity index is 1100. The van der Waals surface area contributed by atoms with Gasteiger partial charge in [0.15, 0.2) is 0 Å². The summed E-state index contributed by atoms with van der Waals surface area (Å²) < 4.78 is 5.72. The van der Waals surface area contributed by atoms with Crippen molar-refractivity contribution in [3.8, 4) is 5.75 Å². The molecule has 0 bridgehead atoms. The highest BCUT2D eigenvalue weighted by molar-refractivity contribution is 6.46. The summed E-state index contributed by atoms with van der Waals surface area (Å²) >= 11 is 0. The SMILES string of the molecule is O=C1C(=O)N(CC2CCCO2)C(c2cccc(O)c2)/C1=C(/O)c1ccc2c(c1)CCCC2. The Hall–Kier alpha value is -3.12. The molecule has 1 aliphatic carbocycles. The zero-order chi connectivity index (χ0) is 22.2. The van der Waals surface area contributed by atoms with E-state index in [-0.39, 0.29) is 29.7 Å². The molecule has 1 amide bonds. The molecule has 2 saturated heterocycles. The number of hydrogen-bond acceptors (Lipinski definition) is 5. The number of aromatic hydroxyl groups is 1. The van der Waals surface area contributed by atoms with Crippen LogP contribution in [0.1, 0.15) is 54.0 Å². The number of ketones is 1. The molecule has 2 unspecified atom stereocenters. The van der Waals surface area contributed by atoms with Crippen molar-refractivity contribution in [1.29, 1.82) is 0 Å². The maximum Gasteiger partial charge on any atom is 0.295 e. The number of Topliss-reactive ketones (excluding diaryl/α,β-unsaturated/α-hetero) is 1. The van der Waals surface area contributed by atoms with E-state index in [1.807, 2.05) is 18.2 Å². The lowest BCUT2D eigenvalue weighted by Gasteiger charge is -2.27. The quantitative estimate of drug-likeness (QED) is 0.434. The van der Waals surface area contributed by atoms with Gasteiger partial charge >= 0.3 is 0 Å². The molecule has 0 spiro atoms. The number of benzene rings is 2. The Labute approximate surface area is 187 Å². The van der Waals surface area contributed by atoms with Gasteiger partial charge in [0.2, 0.25) is 0 Å². The molecule has 2 fully saturated rings. The van der Waals surface area contributed by atoms with Crippen molar-refractivity contribution in [2.24, 2.45) is 0 Å². The van der Waals surface area contributed by atoms with E-state index in [0.29, 0.717) is 17.7 Å². The average Bonchev–Trinajstić information content (AvgIpc) is 3.41. The summed E-state index contributed by atoms with van der Waals surface area (Å²) in [5.41, 5.74) is 3.65. The number of rotatable bonds is 4. The lowest BCUT2D eigenvalue weighted by molar-refractivity contribution is -0.140. The van der Waals surface area contributed by atoms with Gasteiger partial charge in [-0.3, -0.25) is 9.59 Å². The fourth-order valence-corrected chi connectivity index (χ4v) is 5.15. The second-order valence-electron chi connectivity index (χ2n) is 8.87. The number of carbonyl (C=O) groups excluding carboxylic acids is 2. The van der Waals surface area contributed by atoms with Gasteiger partial charge in [-0.25, -0.2) is 0 Å². The molecule has 0 saturated carbocycles. The third kappa shape index (κ3) is 3.69. The van der Waals surface area contributed by atoms with Gasteiger partial charge in [0, 0.05) is 18.7 Å². The number of fused-ring (bicyclic) bond motifs is 1. The fraction of sp³-hybridized carbons (Fsp3) is 0.385. The van der Waals surface area contributed by atoms with Crippen LogP contribution in [0.15, 0.2) is 48.0 Å². The Morgan fingerprint density at radius 3 is 2.59 bits per heavy atom. The monoisotopic (exact) mass is 433 g/mol. The van der Waals surface area contributed by atoms with Crippen molar-refractivity contribution < 1.29 is 24.5 Å². The summed E-state index contributed by atoms with van der Waals surface area (Å²) in [6.07, 6.45) is 5.82. The van der Waals surface area contributed by atoms with E-state index in [2.05, 4.69) is 0 Å². The minimum Gasteiger partial charge on any atom is -0.508 e. The van der Waals surface area contributed by atoms with Crippen molar-refractivity contribution in [3.63, 3.8) is 0 Å². The molecule has 6 heteroatoms. The number of phenols is 1. The number of aliphatic hydroxyl groups is 1. The molecule has 0 aromatic heterocycles. The van der Waals surface area contributed by atoms with E-state index < -0.39 is 17.7 Å². The molecule has 2 aromatic carbocycles. The van der Waals surface area contributed by atoms with Gasteiger partial charge in [0.05, 0.1) is 17.7 Å². The molecule has 0 radical (unpaired) electrons. The highest BCUT2D eigenvalue weighted by Crippen LogP contribution is 2.41. The van der Waals surface area contributed by atoms with E-state index in [1.54, 1.807) is 24.3 Å². The molecular formula is C26H27NO5. The average molecular weight is 434 g/mol. The summed E-state index contributed by atoms with van der Waals surface area (Å²) in [7, 11) is 0. The minimum absolute atomic E-state index is 0.0407. The predicted octanol–water partition coefficient (Wildman–Crippen LogP) is 3.87. The van der Waals surface area contributed by atoms with Crippen LogP contribution < -0.4 is 0 Å². The van der Waals surface area contributed by atoms with Crippen molar-refractivity contribution in [2.45, 2.75) is 50.7 Å². The number of aryl methyl sites for hydroxylation is 2. The van der Waals surface area contributed by atoms with Crippen molar-refractivity contribution >= 4 is 17.4 Å². The lowest BCUT2D eigenvalue weighted by atomic mass is 9.88. The molecule has 2 N–H and O–H groups in total. The molecule has 2 aromatic rings. The van der Waals surface area contributed by atoms with Crippen LogP contribution in [0.4, 0.5) is 0 Å². The number of ether oxygens (including phenoxy) is 1. The Morgan fingerprint density at radius 2 is 1.84 bits per heavy atom. The fourth-order valence-electron chi connectivity index (χ4n) is 5.15. The Balaban J connectivity index is 1.61. The molecule has 32 heavy (non-hydrogen) atoms. The van der Waals surface area contributed by atoms with Gasteiger partial charge < -0.3 is 19.8 Å². The predicted molar refractivity (Wildman–Crippen MR) is 119 cm³/mol. The zero-order valence-corrected chi connectivity index (χ0v) is 17.9. The number of aliphatic hydroxyl groups excluding tert-OH is 1. The summed E-state index contributed by atoms with van der Waals surface area (Å²) in [5, 5.41) is 21.3. The molecule has 2 heterocycles. The summed E-state index contributed by atoms with van der Waals surface area (Å²) in [4.78, 5) is 27.7. The molecule has 2 atom stereocenters. The van der Waals surface area contributed by atoms with E-state index >= 15 is 0 Å². The largest absolute Gasteiger partial charge is 0.508 e. The van der Waals surface area contributed by atoms with E-state index in [0.717, 1.165) is 38.5 Å². The van der Waals surface area contributed by atoms with Gasteiger partial charge in [-0.05, 0) is 73.4 Å². The zero-order valence-electron chi connectivity index (χ0n) is 17.9. The highest BCUT2D eigenvalue weighted by Gasteiger charge is 2.47. The van der Waals surface area contributed by atoms with Gasteiger partial charge in [-0.2, -0.15) is 0 Å². The van der Waals surface area contributed by atoms with Gasteiger partial charge in [-0.15, -0.1) is 0 Å². The van der Waals surface area contributed by atoms with Crippen molar-refractivity contribution in [2.75, 3.05) is 13.2 Å². The first-order chi connectivity index (χ1) is 15.5. The third-order valence-corrected chi connectivity index (χ3v) is 6.77. The first-order valence-electron chi connectivity index (χ1n) is 11.3. The molecular weight excluding hydrogens is 406 g/mol. The number of nitrogens with zero attached hydrogens (tertiary/aromatic N) is 1. The molecule has 3 aliphatic rings. The Kier molecular flexibility index (Phi) is 5.47. The molecule has 2 aliphatic heterocycles. The van der Waals surface area contributed by atoms with Gasteiger partial charge in [-0.1, -0.05) is 24.3 Å². The second-order valence-corrected chi connectivity index (χ2v) is 8.87. The third-order valence-electron chi connectivity index (χ3n) is 6.77. The second kappa shape index (κ2) is 8.43. The Morgan fingerprint density at radius 1 is 1.03 bits per heavy atom. The van der Waals surface area contributed by atoms with Crippen LogP contribution in [0, 0.1) is 0 Å². The number of amides is 1. The smallest absolute Gasteiger partial charge is 0.295 e. The van der Waals surface area contributed by atoms with Gasteiger partial charge in [0.1, 0.15) is 11.5 Å². The van der Waals surface area contributed by atoms with Crippen LogP contribution in [0.5, 0.6) is 5.75 Å². The minimum atomic E-state index is -0.776. The van der Waals surface area contributed by atoms with Crippen LogP contribution in [-0.2, 0) is 27.2 Å². The van der Waals surface area contributed by atoms with Crippen LogP contribution >= 0.6 is 0 Å². The molecule has 5 rings (SSSR count). The standard InChI is InChI=1S/C26H27NO5/c28-20-8-3-7-18(14-20)23-22(25(30)26(31)27(23)15-21-9-4-12-32-21)24(29)19-11-10-16-5-1-2-6-17(16)13-19/h3,7-8,10-11,13-14,21,23,28-29H,1-2,4-6,9,12,15H2/b24-22-. The number of phenolic OH excluding ortho intramolecular Hbond substituents is 1. The van der Waals surface area contributed by atoms with Crippen molar-refractivity contribution in [3.05, 3.63) is 70.3 Å². The van der Waals surface area contributed by atoms with E-state index in [9.17, 15) is 19.8 Å².